The average molecular weight is 435 g/mol. The van der Waals surface area contributed by atoms with Gasteiger partial charge in [0.05, 0.1) is 0 Å². The van der Waals surface area contributed by atoms with E-state index >= 15 is 0 Å². The van der Waals surface area contributed by atoms with Gasteiger partial charge in [0, 0.05) is 38.7 Å². The van der Waals surface area contributed by atoms with Gasteiger partial charge in [0.1, 0.15) is 22.4 Å². The van der Waals surface area contributed by atoms with Crippen molar-refractivity contribution in [2.45, 2.75) is 0 Å². The van der Waals surface area contributed by atoms with E-state index in [1.165, 1.54) is 16.2 Å². The lowest BCUT2D eigenvalue weighted by atomic mass is 10.0. The highest BCUT2D eigenvalue weighted by Gasteiger charge is 2.20. The lowest BCUT2D eigenvalue weighted by Crippen LogP contribution is -1.84. The van der Waals surface area contributed by atoms with Gasteiger partial charge in [-0.3, -0.25) is 4.98 Å². The van der Waals surface area contributed by atoms with Gasteiger partial charge in [-0.1, -0.05) is 72.8 Å². The number of furan rings is 2. The van der Waals surface area contributed by atoms with Gasteiger partial charge in [-0.15, -0.1) is 0 Å². The molecule has 0 saturated heterocycles. The molecule has 8 aromatic rings. The molecule has 0 saturated carbocycles. The molecule has 0 radical (unpaired) electrons. The second kappa shape index (κ2) is 6.46. The molecule has 0 unspecified atom stereocenters. The molecule has 0 aliphatic rings. The summed E-state index contributed by atoms with van der Waals surface area (Å²) in [6, 6.07) is 33.5. The molecule has 0 spiro atoms. The third-order valence-electron chi connectivity index (χ3n) is 6.92. The van der Waals surface area contributed by atoms with Crippen molar-refractivity contribution in [1.29, 1.82) is 0 Å². The lowest BCUT2D eigenvalue weighted by molar-refractivity contribution is 0.665. The van der Waals surface area contributed by atoms with Crippen molar-refractivity contribution in [3.63, 3.8) is 0 Å². The summed E-state index contributed by atoms with van der Waals surface area (Å²) in [6.45, 7) is 0. The molecule has 0 N–H and O–H groups in total. The molecular formula is C31H17NO2. The zero-order valence-electron chi connectivity index (χ0n) is 18.1. The summed E-state index contributed by atoms with van der Waals surface area (Å²) in [5.74, 6) is 0. The van der Waals surface area contributed by atoms with E-state index in [2.05, 4.69) is 91.0 Å². The topological polar surface area (TPSA) is 39.2 Å². The van der Waals surface area contributed by atoms with E-state index in [9.17, 15) is 0 Å². The van der Waals surface area contributed by atoms with Crippen molar-refractivity contribution in [2.24, 2.45) is 0 Å². The second-order valence-electron chi connectivity index (χ2n) is 8.75. The molecular weight excluding hydrogens is 418 g/mol. The summed E-state index contributed by atoms with van der Waals surface area (Å²) in [5.41, 5.74) is 5.12. The first kappa shape index (κ1) is 17.9. The Balaban J connectivity index is 1.49. The number of benzene rings is 5. The molecule has 0 atom stereocenters. The Kier molecular flexibility index (Phi) is 3.39. The molecule has 0 aliphatic heterocycles. The third-order valence-corrected chi connectivity index (χ3v) is 6.92. The Morgan fingerprint density at radius 3 is 2.12 bits per heavy atom. The summed E-state index contributed by atoms with van der Waals surface area (Å²) < 4.78 is 13.0. The molecule has 5 aromatic carbocycles. The van der Waals surface area contributed by atoms with Gasteiger partial charge in [0.15, 0.2) is 5.58 Å². The smallest absolute Gasteiger partial charge is 0.161 e. The van der Waals surface area contributed by atoms with Crippen LogP contribution in [-0.2, 0) is 0 Å². The highest BCUT2D eigenvalue weighted by Crippen LogP contribution is 2.42. The van der Waals surface area contributed by atoms with Gasteiger partial charge in [0.25, 0.3) is 0 Å². The Morgan fingerprint density at radius 1 is 0.471 bits per heavy atom. The maximum absolute atomic E-state index is 6.56. The molecule has 3 heterocycles. The summed E-state index contributed by atoms with van der Waals surface area (Å²) in [4.78, 5) is 4.78. The van der Waals surface area contributed by atoms with E-state index in [-0.39, 0.29) is 0 Å². The van der Waals surface area contributed by atoms with Crippen LogP contribution < -0.4 is 0 Å². The fourth-order valence-electron chi connectivity index (χ4n) is 5.38. The Morgan fingerprint density at radius 2 is 1.21 bits per heavy atom. The first-order valence-electron chi connectivity index (χ1n) is 11.4. The SMILES string of the molecule is c1ccc2c(c1)ccc1c3cccc(-c4nccc5c4oc4ccc6ccccc6c45)c3oc21. The molecule has 34 heavy (non-hydrogen) atoms. The largest absolute Gasteiger partial charge is 0.455 e. The number of fused-ring (bicyclic) bond motifs is 10. The summed E-state index contributed by atoms with van der Waals surface area (Å²) in [5, 5.41) is 9.04. The van der Waals surface area contributed by atoms with Crippen molar-refractivity contribution in [3.05, 3.63) is 103 Å². The Hall–Kier alpha value is -4.63. The zero-order chi connectivity index (χ0) is 22.2. The van der Waals surface area contributed by atoms with Crippen molar-refractivity contribution in [1.82, 2.24) is 4.98 Å². The highest BCUT2D eigenvalue weighted by atomic mass is 16.3. The minimum absolute atomic E-state index is 0.784. The second-order valence-corrected chi connectivity index (χ2v) is 8.75. The fourth-order valence-corrected chi connectivity index (χ4v) is 5.38. The lowest BCUT2D eigenvalue weighted by Gasteiger charge is -2.03. The summed E-state index contributed by atoms with van der Waals surface area (Å²) >= 11 is 0. The normalized spacial score (nSPS) is 12.1. The maximum atomic E-state index is 6.56. The van der Waals surface area contributed by atoms with Crippen LogP contribution >= 0.6 is 0 Å². The van der Waals surface area contributed by atoms with Gasteiger partial charge in [-0.2, -0.15) is 0 Å². The number of para-hydroxylation sites is 1. The summed E-state index contributed by atoms with van der Waals surface area (Å²) in [6.07, 6.45) is 1.87. The molecule has 0 bridgehead atoms. The molecule has 8 rings (SSSR count). The quantitative estimate of drug-likeness (QED) is 0.258. The predicted octanol–water partition coefficient (Wildman–Crippen LogP) is 8.85. The first-order chi connectivity index (χ1) is 16.9. The van der Waals surface area contributed by atoms with Crippen LogP contribution in [0.2, 0.25) is 0 Å². The average Bonchev–Trinajstić information content (AvgIpc) is 3.47. The van der Waals surface area contributed by atoms with Crippen molar-refractivity contribution >= 4 is 65.4 Å². The standard InChI is InChI=1S/C31H17NO2/c1-3-8-20-18(6-1)13-15-26-27(20)24-16-17-32-28(31(24)33-26)25-11-5-10-22-23-14-12-19-7-2-4-9-21(19)29(23)34-30(22)25/h1-17H. The number of rotatable bonds is 1. The van der Waals surface area contributed by atoms with E-state index in [1.807, 2.05) is 12.3 Å². The maximum Gasteiger partial charge on any atom is 0.161 e. The number of nitrogens with zero attached hydrogens (tertiary/aromatic N) is 1. The van der Waals surface area contributed by atoms with Crippen LogP contribution in [0.4, 0.5) is 0 Å². The van der Waals surface area contributed by atoms with E-state index in [1.54, 1.807) is 0 Å². The minimum atomic E-state index is 0.784. The first-order valence-corrected chi connectivity index (χ1v) is 11.4. The van der Waals surface area contributed by atoms with Crippen LogP contribution in [0.3, 0.4) is 0 Å². The van der Waals surface area contributed by atoms with Crippen molar-refractivity contribution in [2.75, 3.05) is 0 Å². The molecule has 3 heteroatoms. The fraction of sp³-hybridized carbons (Fsp3) is 0. The number of pyridine rings is 1. The van der Waals surface area contributed by atoms with Gasteiger partial charge in [-0.05, 0) is 40.4 Å². The van der Waals surface area contributed by atoms with Crippen LogP contribution in [0.15, 0.2) is 112 Å². The van der Waals surface area contributed by atoms with E-state index in [4.69, 9.17) is 13.8 Å². The van der Waals surface area contributed by atoms with Crippen molar-refractivity contribution < 1.29 is 8.83 Å². The van der Waals surface area contributed by atoms with Crippen LogP contribution in [0.1, 0.15) is 0 Å². The summed E-state index contributed by atoms with van der Waals surface area (Å²) in [7, 11) is 0. The number of hydrogen-bond acceptors (Lipinski definition) is 3. The van der Waals surface area contributed by atoms with Crippen LogP contribution in [0.25, 0.3) is 76.7 Å². The highest BCUT2D eigenvalue weighted by molar-refractivity contribution is 6.22. The molecule has 3 aromatic heterocycles. The molecule has 0 aliphatic carbocycles. The van der Waals surface area contributed by atoms with Gasteiger partial charge in [-0.25, -0.2) is 0 Å². The molecule has 158 valence electrons. The van der Waals surface area contributed by atoms with Crippen LogP contribution in [0.5, 0.6) is 0 Å². The third kappa shape index (κ3) is 2.28. The van der Waals surface area contributed by atoms with Crippen molar-refractivity contribution in [3.8, 4) is 11.3 Å². The van der Waals surface area contributed by atoms with Gasteiger partial charge >= 0.3 is 0 Å². The molecule has 0 fully saturated rings. The van der Waals surface area contributed by atoms with Gasteiger partial charge < -0.3 is 8.83 Å². The van der Waals surface area contributed by atoms with Crippen LogP contribution in [0, 0.1) is 0 Å². The predicted molar refractivity (Wildman–Crippen MR) is 139 cm³/mol. The zero-order valence-corrected chi connectivity index (χ0v) is 18.1. The van der Waals surface area contributed by atoms with Gasteiger partial charge in [0.2, 0.25) is 0 Å². The monoisotopic (exact) mass is 435 g/mol. The number of aromatic nitrogens is 1. The minimum Gasteiger partial charge on any atom is -0.455 e. The molecule has 3 nitrogen and oxygen atoms in total. The van der Waals surface area contributed by atoms with E-state index < -0.39 is 0 Å². The Labute approximate surface area is 193 Å². The van der Waals surface area contributed by atoms with E-state index in [0.29, 0.717) is 0 Å². The van der Waals surface area contributed by atoms with Crippen LogP contribution in [-0.4, -0.2) is 4.98 Å². The molecule has 0 amide bonds. The number of hydrogen-bond donors (Lipinski definition) is 0. The van der Waals surface area contributed by atoms with E-state index in [0.717, 1.165) is 60.5 Å². The Bertz CT molecular complexity index is 2070.